The Kier molecular flexibility index (Phi) is 5.23. The molecule has 0 atom stereocenters. The van der Waals surface area contributed by atoms with E-state index in [1.807, 2.05) is 0 Å². The fourth-order valence-corrected chi connectivity index (χ4v) is 2.46. The van der Waals surface area contributed by atoms with Crippen molar-refractivity contribution in [1.82, 2.24) is 4.90 Å². The SMILES string of the molecule is Cc1ccc(C(=O)N(C)Cc2ccc(Cl)c(Cl)c2)cc1[N+](=O)[O-]. The van der Waals surface area contributed by atoms with Gasteiger partial charge in [-0.3, -0.25) is 14.9 Å². The summed E-state index contributed by atoms with van der Waals surface area (Å²) in [7, 11) is 1.62. The number of hydrogen-bond acceptors (Lipinski definition) is 3. The van der Waals surface area contributed by atoms with Crippen molar-refractivity contribution in [3.8, 4) is 0 Å². The van der Waals surface area contributed by atoms with Gasteiger partial charge in [-0.05, 0) is 30.7 Å². The van der Waals surface area contributed by atoms with Crippen molar-refractivity contribution in [2.24, 2.45) is 0 Å². The zero-order valence-electron chi connectivity index (χ0n) is 12.5. The zero-order valence-corrected chi connectivity index (χ0v) is 14.1. The van der Waals surface area contributed by atoms with Gasteiger partial charge in [0.1, 0.15) is 0 Å². The molecular weight excluding hydrogens is 339 g/mol. The lowest BCUT2D eigenvalue weighted by atomic mass is 10.1. The van der Waals surface area contributed by atoms with Gasteiger partial charge in [-0.1, -0.05) is 35.3 Å². The number of carbonyl (C=O) groups is 1. The van der Waals surface area contributed by atoms with Crippen LogP contribution >= 0.6 is 23.2 Å². The van der Waals surface area contributed by atoms with E-state index in [0.717, 1.165) is 5.56 Å². The van der Waals surface area contributed by atoms with Crippen LogP contribution in [0.5, 0.6) is 0 Å². The second kappa shape index (κ2) is 6.98. The number of rotatable bonds is 4. The monoisotopic (exact) mass is 352 g/mol. The van der Waals surface area contributed by atoms with E-state index in [-0.39, 0.29) is 17.2 Å². The number of carbonyl (C=O) groups excluding carboxylic acids is 1. The lowest BCUT2D eigenvalue weighted by molar-refractivity contribution is -0.385. The first-order valence-corrected chi connectivity index (χ1v) is 7.49. The average molecular weight is 353 g/mol. The third kappa shape index (κ3) is 4.00. The maximum atomic E-state index is 12.4. The molecule has 2 rings (SSSR count). The van der Waals surface area contributed by atoms with Crippen LogP contribution in [0, 0.1) is 17.0 Å². The molecule has 0 unspecified atom stereocenters. The molecule has 0 aliphatic rings. The first kappa shape index (κ1) is 17.2. The van der Waals surface area contributed by atoms with Crippen molar-refractivity contribution in [2.75, 3.05) is 7.05 Å². The zero-order chi connectivity index (χ0) is 17.1. The highest BCUT2D eigenvalue weighted by atomic mass is 35.5. The third-order valence-corrected chi connectivity index (χ3v) is 4.14. The molecule has 0 spiro atoms. The number of benzene rings is 2. The summed E-state index contributed by atoms with van der Waals surface area (Å²) in [4.78, 5) is 24.4. The van der Waals surface area contributed by atoms with Crippen molar-refractivity contribution >= 4 is 34.8 Å². The number of halogens is 2. The summed E-state index contributed by atoms with van der Waals surface area (Å²) >= 11 is 11.8. The molecule has 0 radical (unpaired) electrons. The number of amides is 1. The van der Waals surface area contributed by atoms with Crippen molar-refractivity contribution in [3.05, 3.63) is 73.2 Å². The Morgan fingerprint density at radius 2 is 1.87 bits per heavy atom. The van der Waals surface area contributed by atoms with Crippen molar-refractivity contribution < 1.29 is 9.72 Å². The highest BCUT2D eigenvalue weighted by Crippen LogP contribution is 2.24. The van der Waals surface area contributed by atoms with Gasteiger partial charge in [0, 0.05) is 30.8 Å². The highest BCUT2D eigenvalue weighted by Gasteiger charge is 2.18. The van der Waals surface area contributed by atoms with Gasteiger partial charge in [-0.2, -0.15) is 0 Å². The summed E-state index contributed by atoms with van der Waals surface area (Å²) in [5.41, 5.74) is 1.53. The topological polar surface area (TPSA) is 63.5 Å². The predicted octanol–water partition coefficient (Wildman–Crippen LogP) is 4.48. The normalized spacial score (nSPS) is 10.4. The lowest BCUT2D eigenvalue weighted by Gasteiger charge is -2.18. The summed E-state index contributed by atoms with van der Waals surface area (Å²) in [5, 5.41) is 11.8. The van der Waals surface area contributed by atoms with Crippen molar-refractivity contribution in [3.63, 3.8) is 0 Å². The van der Waals surface area contributed by atoms with E-state index in [4.69, 9.17) is 23.2 Å². The van der Waals surface area contributed by atoms with Crippen LogP contribution in [0.4, 0.5) is 5.69 Å². The van der Waals surface area contributed by atoms with E-state index in [0.29, 0.717) is 22.2 Å². The van der Waals surface area contributed by atoms with Gasteiger partial charge in [0.15, 0.2) is 0 Å². The van der Waals surface area contributed by atoms with Crippen LogP contribution in [0.3, 0.4) is 0 Å². The number of nitro benzene ring substituents is 1. The Morgan fingerprint density at radius 3 is 2.48 bits per heavy atom. The molecule has 0 aliphatic heterocycles. The molecule has 5 nitrogen and oxygen atoms in total. The average Bonchev–Trinajstić information content (AvgIpc) is 2.50. The second-order valence-corrected chi connectivity index (χ2v) is 5.98. The van der Waals surface area contributed by atoms with E-state index < -0.39 is 4.92 Å². The van der Waals surface area contributed by atoms with E-state index in [1.54, 1.807) is 44.3 Å². The van der Waals surface area contributed by atoms with Crippen LogP contribution in [-0.2, 0) is 6.54 Å². The minimum Gasteiger partial charge on any atom is -0.337 e. The summed E-state index contributed by atoms with van der Waals surface area (Å²) in [5.74, 6) is -0.306. The molecule has 23 heavy (non-hydrogen) atoms. The van der Waals surface area contributed by atoms with Crippen LogP contribution in [0.2, 0.25) is 10.0 Å². The van der Waals surface area contributed by atoms with E-state index in [1.165, 1.54) is 11.0 Å². The Hall–Kier alpha value is -2.11. The Morgan fingerprint density at radius 1 is 1.17 bits per heavy atom. The molecule has 2 aromatic carbocycles. The summed E-state index contributed by atoms with van der Waals surface area (Å²) in [6.07, 6.45) is 0. The van der Waals surface area contributed by atoms with Gasteiger partial charge >= 0.3 is 0 Å². The van der Waals surface area contributed by atoms with Crippen LogP contribution in [-0.4, -0.2) is 22.8 Å². The van der Waals surface area contributed by atoms with E-state index in [2.05, 4.69) is 0 Å². The molecule has 120 valence electrons. The minimum atomic E-state index is -0.495. The quantitative estimate of drug-likeness (QED) is 0.601. The summed E-state index contributed by atoms with van der Waals surface area (Å²) < 4.78 is 0. The smallest absolute Gasteiger partial charge is 0.273 e. The molecule has 0 fully saturated rings. The number of nitro groups is 1. The number of aryl methyl sites for hydroxylation is 1. The minimum absolute atomic E-state index is 0.0706. The fourth-order valence-electron chi connectivity index (χ4n) is 2.14. The van der Waals surface area contributed by atoms with Crippen molar-refractivity contribution in [1.29, 1.82) is 0 Å². The number of nitrogens with zero attached hydrogens (tertiary/aromatic N) is 2. The van der Waals surface area contributed by atoms with Crippen LogP contribution in [0.15, 0.2) is 36.4 Å². The maximum absolute atomic E-state index is 12.4. The molecule has 0 N–H and O–H groups in total. The second-order valence-electron chi connectivity index (χ2n) is 5.17. The lowest BCUT2D eigenvalue weighted by Crippen LogP contribution is -2.26. The summed E-state index contributed by atoms with van der Waals surface area (Å²) in [6.45, 7) is 1.95. The molecule has 0 aliphatic carbocycles. The standard InChI is InChI=1S/C16H14Cl2N2O3/c1-10-3-5-12(8-15(10)20(22)23)16(21)19(2)9-11-4-6-13(17)14(18)7-11/h3-8H,9H2,1-2H3. The van der Waals surface area contributed by atoms with Crippen LogP contribution in [0.25, 0.3) is 0 Å². The van der Waals surface area contributed by atoms with E-state index >= 15 is 0 Å². The molecule has 0 heterocycles. The Balaban J connectivity index is 2.21. The molecule has 7 heteroatoms. The summed E-state index contributed by atoms with van der Waals surface area (Å²) in [6, 6.07) is 9.56. The van der Waals surface area contributed by atoms with Gasteiger partial charge in [-0.15, -0.1) is 0 Å². The highest BCUT2D eigenvalue weighted by molar-refractivity contribution is 6.42. The molecule has 0 bridgehead atoms. The molecule has 0 saturated heterocycles. The molecule has 0 saturated carbocycles. The van der Waals surface area contributed by atoms with Crippen LogP contribution in [0.1, 0.15) is 21.5 Å². The largest absolute Gasteiger partial charge is 0.337 e. The van der Waals surface area contributed by atoms with Gasteiger partial charge in [0.25, 0.3) is 11.6 Å². The molecular formula is C16H14Cl2N2O3. The van der Waals surface area contributed by atoms with Gasteiger partial charge in [-0.25, -0.2) is 0 Å². The first-order chi connectivity index (χ1) is 10.8. The third-order valence-electron chi connectivity index (χ3n) is 3.40. The van der Waals surface area contributed by atoms with Gasteiger partial charge in [0.2, 0.25) is 0 Å². The molecule has 0 aromatic heterocycles. The first-order valence-electron chi connectivity index (χ1n) is 6.74. The van der Waals surface area contributed by atoms with Gasteiger partial charge < -0.3 is 4.90 Å². The van der Waals surface area contributed by atoms with E-state index in [9.17, 15) is 14.9 Å². The molecule has 2 aromatic rings. The predicted molar refractivity (Wildman–Crippen MR) is 90.1 cm³/mol. The van der Waals surface area contributed by atoms with Crippen LogP contribution < -0.4 is 0 Å². The van der Waals surface area contributed by atoms with Crippen molar-refractivity contribution in [2.45, 2.75) is 13.5 Å². The number of hydrogen-bond donors (Lipinski definition) is 0. The Bertz CT molecular complexity index is 778. The maximum Gasteiger partial charge on any atom is 0.273 e. The van der Waals surface area contributed by atoms with Gasteiger partial charge in [0.05, 0.1) is 15.0 Å². The Labute approximate surface area is 143 Å². The molecule has 1 amide bonds. The fraction of sp³-hybridized carbons (Fsp3) is 0.188.